The van der Waals surface area contributed by atoms with E-state index < -0.39 is 18.2 Å². The van der Waals surface area contributed by atoms with Crippen LogP contribution in [0.4, 0.5) is 29.5 Å². The summed E-state index contributed by atoms with van der Waals surface area (Å²) >= 11 is 0. The van der Waals surface area contributed by atoms with Gasteiger partial charge >= 0.3 is 6.55 Å². The van der Waals surface area contributed by atoms with Gasteiger partial charge in [-0.25, -0.2) is 18.4 Å². The number of ether oxygens (including phenoxy) is 1. The number of hydrogen-bond acceptors (Lipinski definition) is 8. The summed E-state index contributed by atoms with van der Waals surface area (Å²) in [6.07, 6.45) is 4.02. The zero-order valence-corrected chi connectivity index (χ0v) is 18.5. The average molecular weight is 502 g/mol. The van der Waals surface area contributed by atoms with Crippen LogP contribution in [0, 0.1) is 11.6 Å². The minimum absolute atomic E-state index is 0.0862. The minimum Gasteiger partial charge on any atom is -0.378 e. The number of hydrogen-bond donors (Lipinski definition) is 2. The molecule has 5 aromatic rings. The summed E-state index contributed by atoms with van der Waals surface area (Å²) in [7, 11) is 0. The summed E-state index contributed by atoms with van der Waals surface area (Å²) in [6, 6.07) is 2.43. The first-order valence-electron chi connectivity index (χ1n) is 11.0. The predicted octanol–water partition coefficient (Wildman–Crippen LogP) is 2.99. The van der Waals surface area contributed by atoms with E-state index in [-0.39, 0.29) is 12.1 Å². The third kappa shape index (κ3) is 3.86. The molecule has 2 N–H and O–H groups in total. The zero-order valence-electron chi connectivity index (χ0n) is 18.5. The Labute approximate surface area is 199 Å². The van der Waals surface area contributed by atoms with Crippen LogP contribution >= 0.6 is 0 Å². The maximum absolute atomic E-state index is 14.1. The SMILES string of the molecule is Fc1ccc2[nH]c(CNc3nc(N4CCOCC4)nc4c(-c5cnn(C(F)F)c5)cnn34)nc2c1F. The molecule has 36 heavy (non-hydrogen) atoms. The van der Waals surface area contributed by atoms with Crippen LogP contribution in [0.3, 0.4) is 0 Å². The molecule has 0 spiro atoms. The molecule has 1 fully saturated rings. The summed E-state index contributed by atoms with van der Waals surface area (Å²) in [4.78, 5) is 18.3. The lowest BCUT2D eigenvalue weighted by Crippen LogP contribution is -2.37. The zero-order chi connectivity index (χ0) is 24.8. The van der Waals surface area contributed by atoms with Crippen LogP contribution in [-0.4, -0.2) is 65.6 Å². The van der Waals surface area contributed by atoms with Gasteiger partial charge in [-0.1, -0.05) is 0 Å². The molecular formula is C21H18F4N10O. The van der Waals surface area contributed by atoms with E-state index in [4.69, 9.17) is 4.74 Å². The Balaban J connectivity index is 1.38. The number of halogens is 4. The van der Waals surface area contributed by atoms with Gasteiger partial charge < -0.3 is 19.9 Å². The summed E-state index contributed by atoms with van der Waals surface area (Å²) in [6.45, 7) is -0.549. The van der Waals surface area contributed by atoms with E-state index in [1.165, 1.54) is 29.2 Å². The number of H-pyrrole nitrogens is 1. The maximum atomic E-state index is 14.1. The summed E-state index contributed by atoms with van der Waals surface area (Å²) in [5.74, 6) is -0.981. The maximum Gasteiger partial charge on any atom is 0.333 e. The van der Waals surface area contributed by atoms with E-state index in [9.17, 15) is 17.6 Å². The van der Waals surface area contributed by atoms with Crippen molar-refractivity contribution in [3.8, 4) is 11.1 Å². The lowest BCUT2D eigenvalue weighted by atomic mass is 10.2. The third-order valence-electron chi connectivity index (χ3n) is 5.77. The molecule has 1 saturated heterocycles. The predicted molar refractivity (Wildman–Crippen MR) is 120 cm³/mol. The molecule has 5 heterocycles. The highest BCUT2D eigenvalue weighted by atomic mass is 19.3. The fourth-order valence-corrected chi connectivity index (χ4v) is 3.99. The molecule has 0 saturated carbocycles. The van der Waals surface area contributed by atoms with E-state index in [2.05, 4.69) is 35.5 Å². The molecule has 0 unspecified atom stereocenters. The molecule has 0 radical (unpaired) electrons. The van der Waals surface area contributed by atoms with Crippen molar-refractivity contribution >= 4 is 28.6 Å². The minimum atomic E-state index is -2.78. The first-order chi connectivity index (χ1) is 17.5. The number of nitrogens with one attached hydrogen (secondary N) is 2. The highest BCUT2D eigenvalue weighted by Crippen LogP contribution is 2.28. The molecule has 1 aliphatic heterocycles. The van der Waals surface area contributed by atoms with Crippen molar-refractivity contribution in [3.63, 3.8) is 0 Å². The number of nitrogens with zero attached hydrogens (tertiary/aromatic N) is 8. The van der Waals surface area contributed by atoms with E-state index in [0.29, 0.717) is 71.0 Å². The number of aromatic amines is 1. The number of morpholine rings is 1. The smallest absolute Gasteiger partial charge is 0.333 e. The van der Waals surface area contributed by atoms with E-state index >= 15 is 0 Å². The average Bonchev–Trinajstić information content (AvgIpc) is 3.63. The van der Waals surface area contributed by atoms with Gasteiger partial charge in [0.15, 0.2) is 17.3 Å². The van der Waals surface area contributed by atoms with Gasteiger partial charge in [0.05, 0.1) is 37.7 Å². The lowest BCUT2D eigenvalue weighted by Gasteiger charge is -2.27. The number of aromatic nitrogens is 8. The molecule has 15 heteroatoms. The van der Waals surface area contributed by atoms with Crippen molar-refractivity contribution in [2.24, 2.45) is 0 Å². The van der Waals surface area contributed by atoms with Gasteiger partial charge in [0, 0.05) is 30.4 Å². The summed E-state index contributed by atoms with van der Waals surface area (Å²) < 4.78 is 61.2. The highest BCUT2D eigenvalue weighted by Gasteiger charge is 2.21. The van der Waals surface area contributed by atoms with Crippen LogP contribution in [0.25, 0.3) is 27.8 Å². The van der Waals surface area contributed by atoms with Crippen LogP contribution in [0.2, 0.25) is 0 Å². The molecule has 11 nitrogen and oxygen atoms in total. The number of imidazole rings is 1. The Kier molecular flexibility index (Phi) is 5.40. The summed E-state index contributed by atoms with van der Waals surface area (Å²) in [5, 5.41) is 11.1. The Morgan fingerprint density at radius 2 is 1.89 bits per heavy atom. The van der Waals surface area contributed by atoms with Crippen LogP contribution in [0.1, 0.15) is 12.4 Å². The van der Waals surface area contributed by atoms with Crippen molar-refractivity contribution in [2.75, 3.05) is 36.5 Å². The largest absolute Gasteiger partial charge is 0.378 e. The number of benzene rings is 1. The molecule has 1 aliphatic rings. The van der Waals surface area contributed by atoms with Crippen molar-refractivity contribution < 1.29 is 22.3 Å². The van der Waals surface area contributed by atoms with Gasteiger partial charge in [-0.15, -0.1) is 0 Å². The molecule has 6 rings (SSSR count). The second kappa shape index (κ2) is 8.75. The van der Waals surface area contributed by atoms with Gasteiger partial charge in [-0.2, -0.15) is 33.5 Å². The first-order valence-corrected chi connectivity index (χ1v) is 11.0. The van der Waals surface area contributed by atoms with Gasteiger partial charge in [0.1, 0.15) is 11.3 Å². The number of alkyl halides is 2. The summed E-state index contributed by atoms with van der Waals surface area (Å²) in [5.41, 5.74) is 1.53. The molecular weight excluding hydrogens is 484 g/mol. The molecule has 0 aliphatic carbocycles. The Hall–Kier alpha value is -4.27. The van der Waals surface area contributed by atoms with Crippen LogP contribution in [-0.2, 0) is 11.3 Å². The molecule has 1 aromatic carbocycles. The third-order valence-corrected chi connectivity index (χ3v) is 5.77. The lowest BCUT2D eigenvalue weighted by molar-refractivity contribution is 0.0566. The molecule has 4 aromatic heterocycles. The fraction of sp³-hybridized carbons (Fsp3) is 0.286. The highest BCUT2D eigenvalue weighted by molar-refractivity contribution is 5.78. The Morgan fingerprint density at radius 1 is 1.06 bits per heavy atom. The Bertz CT molecular complexity index is 1560. The second-order valence-electron chi connectivity index (χ2n) is 8.02. The van der Waals surface area contributed by atoms with Crippen LogP contribution in [0.15, 0.2) is 30.7 Å². The van der Waals surface area contributed by atoms with Gasteiger partial charge in [0.2, 0.25) is 11.9 Å². The second-order valence-corrected chi connectivity index (χ2v) is 8.02. The van der Waals surface area contributed by atoms with E-state index in [1.54, 1.807) is 0 Å². The molecule has 186 valence electrons. The van der Waals surface area contributed by atoms with Crippen molar-refractivity contribution in [3.05, 3.63) is 48.2 Å². The molecule has 0 amide bonds. The van der Waals surface area contributed by atoms with Gasteiger partial charge in [0.25, 0.3) is 0 Å². The van der Waals surface area contributed by atoms with Crippen molar-refractivity contribution in [2.45, 2.75) is 13.1 Å². The normalized spacial score (nSPS) is 14.4. The van der Waals surface area contributed by atoms with Crippen molar-refractivity contribution in [1.29, 1.82) is 0 Å². The fourth-order valence-electron chi connectivity index (χ4n) is 3.99. The van der Waals surface area contributed by atoms with Crippen LogP contribution in [0.5, 0.6) is 0 Å². The quantitative estimate of drug-likeness (QED) is 0.341. The van der Waals surface area contributed by atoms with Gasteiger partial charge in [-0.3, -0.25) is 0 Å². The van der Waals surface area contributed by atoms with Gasteiger partial charge in [-0.05, 0) is 12.1 Å². The van der Waals surface area contributed by atoms with Crippen molar-refractivity contribution in [1.82, 2.24) is 39.3 Å². The monoisotopic (exact) mass is 502 g/mol. The van der Waals surface area contributed by atoms with E-state index in [1.807, 2.05) is 4.90 Å². The van der Waals surface area contributed by atoms with Crippen LogP contribution < -0.4 is 10.2 Å². The first kappa shape index (κ1) is 22.2. The van der Waals surface area contributed by atoms with E-state index in [0.717, 1.165) is 6.07 Å². The number of fused-ring (bicyclic) bond motifs is 2. The molecule has 0 atom stereocenters. The number of rotatable bonds is 6. The number of anilines is 2. The Morgan fingerprint density at radius 3 is 2.67 bits per heavy atom. The topological polar surface area (TPSA) is 114 Å². The molecule has 0 bridgehead atoms. The standard InChI is InChI=1S/C21H18F4N10O/c22-13-1-2-14-17(16(13)23)30-15(29-14)9-26-20-32-21(33-3-5-36-6-4-33)31-18-12(8-28-35(18)20)11-7-27-34(10-11)19(24)25/h1-2,7-8,10,19H,3-6,9H2,(H,29,30)(H,26,31,32).